The average molecular weight is 244 g/mol. The largest absolute Gasteiger partial charge is 0.469 e. The Balaban J connectivity index is 4.76. The molecule has 0 rings (SSSR count). The molecule has 0 saturated carbocycles. The Hall–Kier alpha value is -1.39. The molecular weight excluding hydrogens is 224 g/mol. The van der Waals surface area contributed by atoms with Crippen molar-refractivity contribution in [3.05, 3.63) is 0 Å². The highest BCUT2D eigenvalue weighted by molar-refractivity contribution is 5.73. The first-order valence-corrected chi connectivity index (χ1v) is 5.44. The van der Waals surface area contributed by atoms with Gasteiger partial charge in [0.1, 0.15) is 6.29 Å². The maximum atomic E-state index is 11.3. The van der Waals surface area contributed by atoms with Crippen molar-refractivity contribution in [1.29, 1.82) is 0 Å². The Bertz CT molecular complexity index is 265. The number of carbonyl (C=O) groups is 3. The van der Waals surface area contributed by atoms with Gasteiger partial charge in [0.05, 0.1) is 14.2 Å². The molecule has 0 atom stereocenters. The minimum Gasteiger partial charge on any atom is -0.469 e. The van der Waals surface area contributed by atoms with E-state index in [1.54, 1.807) is 0 Å². The zero-order valence-electron chi connectivity index (χ0n) is 10.8. The summed E-state index contributed by atoms with van der Waals surface area (Å²) in [7, 11) is 2.59. The molecule has 0 unspecified atom stereocenters. The molecule has 5 nitrogen and oxygen atoms in total. The molecule has 0 aliphatic heterocycles. The van der Waals surface area contributed by atoms with Crippen molar-refractivity contribution in [2.45, 2.75) is 33.1 Å². The molecule has 0 saturated heterocycles. The third-order valence-corrected chi connectivity index (χ3v) is 3.00. The topological polar surface area (TPSA) is 69.7 Å². The van der Waals surface area contributed by atoms with Crippen molar-refractivity contribution in [3.63, 3.8) is 0 Å². The molecule has 0 N–H and O–H groups in total. The lowest BCUT2D eigenvalue weighted by atomic mass is 9.73. The van der Waals surface area contributed by atoms with E-state index in [9.17, 15) is 14.4 Å². The molecule has 0 radical (unpaired) electrons. The smallest absolute Gasteiger partial charge is 0.305 e. The van der Waals surface area contributed by atoms with Gasteiger partial charge in [0.15, 0.2) is 0 Å². The van der Waals surface area contributed by atoms with E-state index in [-0.39, 0.29) is 25.2 Å². The summed E-state index contributed by atoms with van der Waals surface area (Å²) in [5.41, 5.74) is -0.440. The lowest BCUT2D eigenvalue weighted by Crippen LogP contribution is -2.29. The van der Waals surface area contributed by atoms with E-state index in [1.807, 2.05) is 13.8 Å². The maximum absolute atomic E-state index is 11.3. The quantitative estimate of drug-likeness (QED) is 0.499. The van der Waals surface area contributed by atoms with Crippen LogP contribution in [0.1, 0.15) is 33.1 Å². The van der Waals surface area contributed by atoms with Gasteiger partial charge in [-0.25, -0.2) is 0 Å². The van der Waals surface area contributed by atoms with Crippen molar-refractivity contribution in [3.8, 4) is 0 Å². The number of esters is 2. The second kappa shape index (κ2) is 7.04. The first-order valence-electron chi connectivity index (χ1n) is 5.44. The second-order valence-electron chi connectivity index (χ2n) is 4.62. The summed E-state index contributed by atoms with van der Waals surface area (Å²) in [6, 6.07) is 0. The van der Waals surface area contributed by atoms with Gasteiger partial charge in [-0.05, 0) is 11.3 Å². The third kappa shape index (κ3) is 5.47. The summed E-state index contributed by atoms with van der Waals surface area (Å²) in [4.78, 5) is 33.2. The van der Waals surface area contributed by atoms with Crippen molar-refractivity contribution < 1.29 is 23.9 Å². The molecule has 0 spiro atoms. The van der Waals surface area contributed by atoms with Crippen LogP contribution in [0.15, 0.2) is 0 Å². The molecular formula is C12H20O5. The molecule has 0 bridgehead atoms. The summed E-state index contributed by atoms with van der Waals surface area (Å²) < 4.78 is 9.18. The van der Waals surface area contributed by atoms with Crippen LogP contribution in [0.5, 0.6) is 0 Å². The van der Waals surface area contributed by atoms with E-state index in [4.69, 9.17) is 0 Å². The lowest BCUT2D eigenvalue weighted by Gasteiger charge is -2.31. The van der Waals surface area contributed by atoms with E-state index in [0.29, 0.717) is 0 Å². The highest BCUT2D eigenvalue weighted by atomic mass is 16.5. The van der Waals surface area contributed by atoms with Crippen LogP contribution in [0.3, 0.4) is 0 Å². The van der Waals surface area contributed by atoms with Crippen LogP contribution >= 0.6 is 0 Å². The number of rotatable bonds is 7. The molecule has 98 valence electrons. The minimum atomic E-state index is -0.440. The van der Waals surface area contributed by atoms with Crippen molar-refractivity contribution in [2.75, 3.05) is 14.2 Å². The summed E-state index contributed by atoms with van der Waals surface area (Å²) in [6.45, 7) is 3.69. The van der Waals surface area contributed by atoms with Crippen molar-refractivity contribution in [2.24, 2.45) is 11.3 Å². The van der Waals surface area contributed by atoms with E-state index >= 15 is 0 Å². The van der Waals surface area contributed by atoms with Gasteiger partial charge in [-0.15, -0.1) is 0 Å². The Morgan fingerprint density at radius 1 is 1.12 bits per heavy atom. The van der Waals surface area contributed by atoms with E-state index in [0.717, 1.165) is 6.29 Å². The number of aldehydes is 1. The minimum absolute atomic E-state index is 0.104. The number of ether oxygens (including phenoxy) is 2. The predicted octanol–water partition coefficient (Wildman–Crippen LogP) is 1.34. The lowest BCUT2D eigenvalue weighted by molar-refractivity contribution is -0.147. The second-order valence-corrected chi connectivity index (χ2v) is 4.62. The highest BCUT2D eigenvalue weighted by Crippen LogP contribution is 2.35. The zero-order chi connectivity index (χ0) is 13.5. The van der Waals surface area contributed by atoms with E-state index in [1.165, 1.54) is 14.2 Å². The Morgan fingerprint density at radius 3 is 1.82 bits per heavy atom. The highest BCUT2D eigenvalue weighted by Gasteiger charge is 2.33. The molecule has 5 heteroatoms. The van der Waals surface area contributed by atoms with Gasteiger partial charge in [0.2, 0.25) is 0 Å². The van der Waals surface area contributed by atoms with Gasteiger partial charge in [-0.1, -0.05) is 13.8 Å². The normalized spacial score (nSPS) is 11.1. The van der Waals surface area contributed by atoms with Gasteiger partial charge in [0, 0.05) is 19.3 Å². The molecule has 0 aliphatic rings. The van der Waals surface area contributed by atoms with Gasteiger partial charge in [-0.2, -0.15) is 0 Å². The maximum Gasteiger partial charge on any atom is 0.305 e. The molecule has 0 aromatic heterocycles. The Morgan fingerprint density at radius 2 is 1.53 bits per heavy atom. The van der Waals surface area contributed by atoms with Crippen LogP contribution in [-0.2, 0) is 23.9 Å². The van der Waals surface area contributed by atoms with E-state index < -0.39 is 17.4 Å². The Kier molecular flexibility index (Phi) is 6.46. The van der Waals surface area contributed by atoms with Crippen LogP contribution in [0.4, 0.5) is 0 Å². The number of methoxy groups -OCH3 is 2. The number of hydrogen-bond donors (Lipinski definition) is 0. The fraction of sp³-hybridized carbons (Fsp3) is 0.750. The van der Waals surface area contributed by atoms with Crippen LogP contribution in [0, 0.1) is 11.3 Å². The monoisotopic (exact) mass is 244 g/mol. The summed E-state index contributed by atoms with van der Waals surface area (Å²) >= 11 is 0. The summed E-state index contributed by atoms with van der Waals surface area (Å²) in [6.07, 6.45) is 1.28. The van der Waals surface area contributed by atoms with Crippen LogP contribution in [0.25, 0.3) is 0 Å². The first kappa shape index (κ1) is 15.6. The standard InChI is InChI=1S/C12H20O5/c1-12(2,5-6-13)9(7-10(14)16-3)8-11(15)17-4/h6,9H,5,7-8H2,1-4H3. The predicted molar refractivity (Wildman–Crippen MR) is 61.2 cm³/mol. The van der Waals surface area contributed by atoms with Gasteiger partial charge < -0.3 is 14.3 Å². The molecule has 17 heavy (non-hydrogen) atoms. The number of hydrogen-bond acceptors (Lipinski definition) is 5. The molecule has 0 heterocycles. The molecule has 0 aromatic rings. The van der Waals surface area contributed by atoms with Crippen LogP contribution in [-0.4, -0.2) is 32.4 Å². The molecule has 0 aliphatic carbocycles. The first-order chi connectivity index (χ1) is 7.87. The van der Waals surface area contributed by atoms with Gasteiger partial charge in [0.25, 0.3) is 0 Å². The zero-order valence-corrected chi connectivity index (χ0v) is 10.8. The Labute approximate surface area is 101 Å². The van der Waals surface area contributed by atoms with Crippen molar-refractivity contribution >= 4 is 18.2 Å². The van der Waals surface area contributed by atoms with Gasteiger partial charge in [-0.3, -0.25) is 9.59 Å². The molecule has 0 fully saturated rings. The van der Waals surface area contributed by atoms with Gasteiger partial charge >= 0.3 is 11.9 Å². The van der Waals surface area contributed by atoms with E-state index in [2.05, 4.69) is 9.47 Å². The molecule has 0 aromatic carbocycles. The summed E-state index contributed by atoms with van der Waals surface area (Å²) in [5.74, 6) is -1.05. The average Bonchev–Trinajstić information content (AvgIpc) is 2.27. The fourth-order valence-electron chi connectivity index (χ4n) is 1.58. The van der Waals surface area contributed by atoms with Crippen LogP contribution in [0.2, 0.25) is 0 Å². The summed E-state index contributed by atoms with van der Waals surface area (Å²) in [5, 5.41) is 0. The van der Waals surface area contributed by atoms with Crippen LogP contribution < -0.4 is 0 Å². The number of carbonyl (C=O) groups excluding carboxylic acids is 3. The molecule has 0 amide bonds. The van der Waals surface area contributed by atoms with Crippen molar-refractivity contribution in [1.82, 2.24) is 0 Å². The third-order valence-electron chi connectivity index (χ3n) is 3.00. The fourth-order valence-corrected chi connectivity index (χ4v) is 1.58. The SMILES string of the molecule is COC(=O)CC(CC(=O)OC)C(C)(C)CC=O.